The molecule has 4 rings (SSSR count). The molecule has 0 saturated carbocycles. The predicted molar refractivity (Wildman–Crippen MR) is 121 cm³/mol. The van der Waals surface area contributed by atoms with Gasteiger partial charge < -0.3 is 14.4 Å². The summed E-state index contributed by atoms with van der Waals surface area (Å²) in [6.07, 6.45) is -0.623. The Morgan fingerprint density at radius 3 is 2.36 bits per heavy atom. The van der Waals surface area contributed by atoms with Crippen LogP contribution < -0.4 is 10.5 Å². The molecule has 2 aliphatic rings. The van der Waals surface area contributed by atoms with Gasteiger partial charge >= 0.3 is 17.8 Å². The number of carbonyl (C=O) groups is 1. The van der Waals surface area contributed by atoms with Gasteiger partial charge in [0.2, 0.25) is 0 Å². The van der Waals surface area contributed by atoms with Crippen molar-refractivity contribution in [1.82, 2.24) is 0 Å². The summed E-state index contributed by atoms with van der Waals surface area (Å²) in [5.41, 5.74) is 1.14. The maximum Gasteiger partial charge on any atom is 0.423 e. The molecule has 0 saturated heterocycles. The minimum Gasteiger partial charge on any atom is -0.478 e. The molecular formula is C25H26F3NO4. The lowest BCUT2D eigenvalue weighted by Crippen LogP contribution is -2.44. The van der Waals surface area contributed by atoms with Crippen molar-refractivity contribution in [3.05, 3.63) is 57.0 Å². The summed E-state index contributed by atoms with van der Waals surface area (Å²) in [6, 6.07) is 3.62. The molecule has 33 heavy (non-hydrogen) atoms. The summed E-state index contributed by atoms with van der Waals surface area (Å²) in [5.74, 6) is -2.09. The van der Waals surface area contributed by atoms with Gasteiger partial charge in [0.1, 0.15) is 11.2 Å². The van der Waals surface area contributed by atoms with Crippen molar-refractivity contribution in [3.8, 4) is 0 Å². The van der Waals surface area contributed by atoms with E-state index in [-0.39, 0.29) is 16.4 Å². The first-order chi connectivity index (χ1) is 15.2. The molecule has 2 aromatic rings. The molecule has 1 aromatic heterocycles. The van der Waals surface area contributed by atoms with E-state index in [1.165, 1.54) is 0 Å². The van der Waals surface area contributed by atoms with E-state index in [1.807, 2.05) is 6.07 Å². The van der Waals surface area contributed by atoms with Crippen molar-refractivity contribution in [3.63, 3.8) is 0 Å². The Morgan fingerprint density at radius 1 is 1.12 bits per heavy atom. The number of carboxylic acids is 1. The zero-order valence-electron chi connectivity index (χ0n) is 19.0. The second kappa shape index (κ2) is 7.50. The Hall–Kier alpha value is -3.03. The fraction of sp³-hybridized carbons (Fsp3) is 0.440. The summed E-state index contributed by atoms with van der Waals surface area (Å²) >= 11 is 0. The molecule has 0 spiro atoms. The lowest BCUT2D eigenvalue weighted by Gasteiger charge is -2.48. The first kappa shape index (κ1) is 23.1. The standard InChI is InChI=1S/C25H26F3NO4/c1-23(2)8-10-29-11-9-24(3,4)18-19(29)17(23)13-15-12-14(22(32)33-20(15)18)6-5-7-16(21(30)31)25(26,27)28/h5-7,12-13H,8-11H2,1-4H3,(H,30,31). The summed E-state index contributed by atoms with van der Waals surface area (Å²) in [4.78, 5) is 26.0. The monoisotopic (exact) mass is 461 g/mol. The number of hydrogen-bond acceptors (Lipinski definition) is 4. The second-order valence-corrected chi connectivity index (χ2v) is 10.1. The van der Waals surface area contributed by atoms with Crippen LogP contribution in [-0.2, 0) is 15.6 Å². The number of anilines is 1. The molecule has 1 N–H and O–H groups in total. The highest BCUT2D eigenvalue weighted by Gasteiger charge is 2.42. The number of aliphatic carboxylic acids is 1. The Kier molecular flexibility index (Phi) is 5.26. The number of halogens is 3. The van der Waals surface area contributed by atoms with E-state index < -0.39 is 23.3 Å². The van der Waals surface area contributed by atoms with E-state index in [9.17, 15) is 22.8 Å². The molecule has 0 aliphatic carbocycles. The van der Waals surface area contributed by atoms with Gasteiger partial charge in [0, 0.05) is 29.7 Å². The molecule has 0 unspecified atom stereocenters. The van der Waals surface area contributed by atoms with Crippen LogP contribution in [0.4, 0.5) is 18.9 Å². The zero-order valence-corrected chi connectivity index (χ0v) is 19.0. The van der Waals surface area contributed by atoms with E-state index in [4.69, 9.17) is 9.52 Å². The van der Waals surface area contributed by atoms with Gasteiger partial charge in [-0.1, -0.05) is 33.8 Å². The third kappa shape index (κ3) is 3.96. The maximum atomic E-state index is 12.8. The van der Waals surface area contributed by atoms with Crippen LogP contribution in [0, 0.1) is 0 Å². The number of carboxylic acid groups (broad SMARTS) is 1. The maximum absolute atomic E-state index is 12.8. The van der Waals surface area contributed by atoms with Crippen molar-refractivity contribution in [2.45, 2.75) is 57.5 Å². The first-order valence-electron chi connectivity index (χ1n) is 10.8. The molecule has 5 nitrogen and oxygen atoms in total. The van der Waals surface area contributed by atoms with E-state index in [0.717, 1.165) is 54.9 Å². The average Bonchev–Trinajstić information content (AvgIpc) is 2.68. The van der Waals surface area contributed by atoms with Crippen LogP contribution >= 0.6 is 0 Å². The van der Waals surface area contributed by atoms with Crippen LogP contribution in [-0.4, -0.2) is 30.3 Å². The summed E-state index contributed by atoms with van der Waals surface area (Å²) in [7, 11) is 0. The zero-order chi connectivity index (χ0) is 24.3. The van der Waals surface area contributed by atoms with Crippen LogP contribution in [0.1, 0.15) is 57.2 Å². The molecule has 0 atom stereocenters. The predicted octanol–water partition coefficient (Wildman–Crippen LogP) is 5.55. The average molecular weight is 461 g/mol. The molecule has 0 bridgehead atoms. The van der Waals surface area contributed by atoms with Crippen molar-refractivity contribution in [2.75, 3.05) is 18.0 Å². The quantitative estimate of drug-likeness (QED) is 0.369. The summed E-state index contributed by atoms with van der Waals surface area (Å²) in [6.45, 7) is 10.5. The van der Waals surface area contributed by atoms with Crippen LogP contribution in [0.15, 0.2) is 39.1 Å². The Bertz CT molecular complexity index is 1260. The van der Waals surface area contributed by atoms with Gasteiger partial charge in [-0.15, -0.1) is 0 Å². The number of rotatable bonds is 3. The van der Waals surface area contributed by atoms with Crippen LogP contribution in [0.25, 0.3) is 17.0 Å². The van der Waals surface area contributed by atoms with E-state index in [0.29, 0.717) is 17.0 Å². The largest absolute Gasteiger partial charge is 0.478 e. The summed E-state index contributed by atoms with van der Waals surface area (Å²) in [5, 5.41) is 9.49. The number of benzene rings is 1. The second-order valence-electron chi connectivity index (χ2n) is 10.1. The van der Waals surface area contributed by atoms with Gasteiger partial charge in [0.25, 0.3) is 0 Å². The Balaban J connectivity index is 1.91. The minimum absolute atomic E-state index is 0.0527. The van der Waals surface area contributed by atoms with Crippen molar-refractivity contribution in [2.24, 2.45) is 0 Å². The molecule has 0 radical (unpaired) electrons. The topological polar surface area (TPSA) is 70.8 Å². The molecule has 2 aliphatic heterocycles. The van der Waals surface area contributed by atoms with Crippen molar-refractivity contribution >= 4 is 28.7 Å². The van der Waals surface area contributed by atoms with Gasteiger partial charge in [-0.2, -0.15) is 13.2 Å². The molecule has 1 aromatic carbocycles. The number of hydrogen-bond donors (Lipinski definition) is 1. The highest BCUT2D eigenvalue weighted by molar-refractivity contribution is 5.91. The fourth-order valence-electron chi connectivity index (χ4n) is 4.82. The van der Waals surface area contributed by atoms with Crippen molar-refractivity contribution < 1.29 is 27.5 Å². The lowest BCUT2D eigenvalue weighted by atomic mass is 9.69. The van der Waals surface area contributed by atoms with E-state index in [2.05, 4.69) is 32.6 Å². The molecule has 176 valence electrons. The van der Waals surface area contributed by atoms with Gasteiger partial charge in [-0.25, -0.2) is 9.59 Å². The van der Waals surface area contributed by atoms with Crippen molar-refractivity contribution in [1.29, 1.82) is 0 Å². The van der Waals surface area contributed by atoms with Gasteiger partial charge in [-0.05, 0) is 53.5 Å². The van der Waals surface area contributed by atoms with Gasteiger partial charge in [0.05, 0.1) is 5.56 Å². The third-order valence-corrected chi connectivity index (χ3v) is 6.83. The normalized spacial score (nSPS) is 19.7. The Labute approximate surface area is 189 Å². The highest BCUT2D eigenvalue weighted by atomic mass is 19.4. The summed E-state index contributed by atoms with van der Waals surface area (Å²) < 4.78 is 44.3. The van der Waals surface area contributed by atoms with Gasteiger partial charge in [0.15, 0.2) is 0 Å². The molecule has 8 heteroatoms. The first-order valence-corrected chi connectivity index (χ1v) is 10.8. The molecule has 0 amide bonds. The van der Waals surface area contributed by atoms with Crippen LogP contribution in [0.3, 0.4) is 0 Å². The smallest absolute Gasteiger partial charge is 0.423 e. The van der Waals surface area contributed by atoms with E-state index in [1.54, 1.807) is 6.07 Å². The minimum atomic E-state index is -5.00. The van der Waals surface area contributed by atoms with Crippen LogP contribution in [0.5, 0.6) is 0 Å². The molecule has 0 fully saturated rings. The Morgan fingerprint density at radius 2 is 1.76 bits per heavy atom. The van der Waals surface area contributed by atoms with Gasteiger partial charge in [-0.3, -0.25) is 0 Å². The van der Waals surface area contributed by atoms with E-state index >= 15 is 0 Å². The highest BCUT2D eigenvalue weighted by Crippen LogP contribution is 2.51. The number of fused-ring (bicyclic) bond motifs is 2. The third-order valence-electron chi connectivity index (χ3n) is 6.83. The molecular weight excluding hydrogens is 435 g/mol. The number of alkyl halides is 3. The number of nitrogens with zero attached hydrogens (tertiary/aromatic N) is 1. The molecule has 3 heterocycles. The van der Waals surface area contributed by atoms with Crippen LogP contribution in [0.2, 0.25) is 0 Å². The SMILES string of the molecule is CC1(C)CCN2CCC(C)(C)c3c2c1cc1cc(C=CC=C(C(=O)O)C(F)(F)F)c(=O)oc31. The lowest BCUT2D eigenvalue weighted by molar-refractivity contribution is -0.144. The number of allylic oxidation sites excluding steroid dienone is 2. The fourth-order valence-corrected chi connectivity index (χ4v) is 4.82.